The Morgan fingerprint density at radius 3 is 2.67 bits per heavy atom. The van der Waals surface area contributed by atoms with Gasteiger partial charge in [-0.15, -0.1) is 4.68 Å². The van der Waals surface area contributed by atoms with Crippen LogP contribution in [0.5, 0.6) is 0 Å². The maximum atomic E-state index is 13.5. The zero-order chi connectivity index (χ0) is 21.3. The summed E-state index contributed by atoms with van der Waals surface area (Å²) in [6.45, 7) is 0.746. The number of nitrogens with two attached hydrogens (primary N) is 1. The maximum absolute atomic E-state index is 13.5. The number of tetrazole rings is 1. The second kappa shape index (κ2) is 7.90. The highest BCUT2D eigenvalue weighted by Crippen LogP contribution is 2.29. The van der Waals surface area contributed by atoms with E-state index in [4.69, 9.17) is 5.73 Å². The standard InChI is InChI=1S/C20H19FN6O3/c21-14-6-3-7-15(11-14)26-20(30)27(24-23-26)19(29)25-10-4-5-13(12-25)16-8-1-2-9-17(16)18(22)28/h1-3,6-9,11,13H,4-5,10,12H2,(H2,22,28). The number of hydrogen-bond acceptors (Lipinski definition) is 5. The van der Waals surface area contributed by atoms with E-state index in [9.17, 15) is 18.8 Å². The minimum atomic E-state index is -0.787. The number of likely N-dealkylation sites (tertiary alicyclic amines) is 1. The van der Waals surface area contributed by atoms with Crippen molar-refractivity contribution in [2.75, 3.05) is 13.1 Å². The molecule has 2 amide bonds. The van der Waals surface area contributed by atoms with Crippen molar-refractivity contribution >= 4 is 11.9 Å². The molecule has 2 aromatic carbocycles. The minimum absolute atomic E-state index is 0.0969. The number of hydrogen-bond donors (Lipinski definition) is 1. The van der Waals surface area contributed by atoms with Crippen molar-refractivity contribution in [1.29, 1.82) is 0 Å². The summed E-state index contributed by atoms with van der Waals surface area (Å²) < 4.78 is 15.0. The predicted molar refractivity (Wildman–Crippen MR) is 105 cm³/mol. The molecular weight excluding hydrogens is 391 g/mol. The molecule has 0 aliphatic carbocycles. The van der Waals surface area contributed by atoms with Gasteiger partial charge in [0.2, 0.25) is 5.91 Å². The summed E-state index contributed by atoms with van der Waals surface area (Å²) in [5, 5.41) is 7.37. The van der Waals surface area contributed by atoms with Gasteiger partial charge in [-0.2, -0.15) is 4.68 Å². The Balaban J connectivity index is 1.59. The van der Waals surface area contributed by atoms with E-state index in [0.29, 0.717) is 29.8 Å². The number of carbonyl (C=O) groups excluding carboxylic acids is 2. The Hall–Kier alpha value is -3.82. The molecule has 3 aromatic rings. The van der Waals surface area contributed by atoms with E-state index in [1.54, 1.807) is 12.1 Å². The van der Waals surface area contributed by atoms with Crippen LogP contribution in [0, 0.1) is 5.82 Å². The minimum Gasteiger partial charge on any atom is -0.366 e. The Labute approximate surface area is 170 Å². The topological polar surface area (TPSA) is 116 Å². The number of amides is 2. The van der Waals surface area contributed by atoms with Gasteiger partial charge in [-0.05, 0) is 53.1 Å². The fraction of sp³-hybridized carbons (Fsp3) is 0.250. The lowest BCUT2D eigenvalue weighted by Crippen LogP contribution is -2.45. The number of primary amides is 1. The van der Waals surface area contributed by atoms with Crippen LogP contribution in [-0.2, 0) is 0 Å². The predicted octanol–water partition coefficient (Wildman–Crippen LogP) is 1.51. The molecule has 2 N–H and O–H groups in total. The van der Waals surface area contributed by atoms with Gasteiger partial charge in [-0.3, -0.25) is 4.79 Å². The summed E-state index contributed by atoms with van der Waals surface area (Å²) in [6.07, 6.45) is 1.47. The average Bonchev–Trinajstić information content (AvgIpc) is 3.14. The molecule has 0 bridgehead atoms. The molecule has 1 atom stereocenters. The molecule has 1 fully saturated rings. The monoisotopic (exact) mass is 410 g/mol. The number of rotatable bonds is 3. The first-order valence-electron chi connectivity index (χ1n) is 9.44. The fourth-order valence-corrected chi connectivity index (χ4v) is 3.75. The molecule has 10 heteroatoms. The molecule has 0 spiro atoms. The van der Waals surface area contributed by atoms with Crippen molar-refractivity contribution in [1.82, 2.24) is 24.7 Å². The molecule has 1 unspecified atom stereocenters. The zero-order valence-corrected chi connectivity index (χ0v) is 15.9. The molecular formula is C20H19FN6O3. The van der Waals surface area contributed by atoms with Gasteiger partial charge in [0, 0.05) is 24.6 Å². The molecule has 30 heavy (non-hydrogen) atoms. The van der Waals surface area contributed by atoms with Crippen molar-refractivity contribution < 1.29 is 14.0 Å². The summed E-state index contributed by atoms with van der Waals surface area (Å²) in [6, 6.07) is 11.7. The van der Waals surface area contributed by atoms with Crippen LogP contribution in [0.1, 0.15) is 34.7 Å². The van der Waals surface area contributed by atoms with Crippen molar-refractivity contribution in [2.24, 2.45) is 5.73 Å². The summed E-state index contributed by atoms with van der Waals surface area (Å²) in [7, 11) is 0. The lowest BCUT2D eigenvalue weighted by molar-refractivity contribution is 0.0998. The number of piperidine rings is 1. The second-order valence-corrected chi connectivity index (χ2v) is 7.08. The van der Waals surface area contributed by atoms with Gasteiger partial charge in [0.05, 0.1) is 5.69 Å². The van der Waals surface area contributed by atoms with Crippen molar-refractivity contribution in [2.45, 2.75) is 18.8 Å². The van der Waals surface area contributed by atoms with E-state index >= 15 is 0 Å². The zero-order valence-electron chi connectivity index (χ0n) is 15.9. The van der Waals surface area contributed by atoms with Gasteiger partial charge in [0.1, 0.15) is 5.82 Å². The van der Waals surface area contributed by atoms with E-state index in [1.165, 1.54) is 23.1 Å². The third kappa shape index (κ3) is 3.59. The third-order valence-corrected chi connectivity index (χ3v) is 5.17. The Kier molecular flexibility index (Phi) is 5.13. The van der Waals surface area contributed by atoms with Crippen LogP contribution in [0.25, 0.3) is 5.69 Å². The fourth-order valence-electron chi connectivity index (χ4n) is 3.75. The van der Waals surface area contributed by atoms with Crippen LogP contribution in [0.4, 0.5) is 9.18 Å². The first-order valence-corrected chi connectivity index (χ1v) is 9.44. The molecule has 4 rings (SSSR count). The van der Waals surface area contributed by atoms with Crippen LogP contribution in [0.2, 0.25) is 0 Å². The van der Waals surface area contributed by atoms with Crippen LogP contribution in [-0.4, -0.2) is 49.7 Å². The number of benzene rings is 2. The number of aromatic nitrogens is 4. The summed E-state index contributed by atoms with van der Waals surface area (Å²) >= 11 is 0. The second-order valence-electron chi connectivity index (χ2n) is 7.08. The van der Waals surface area contributed by atoms with E-state index in [2.05, 4.69) is 10.4 Å². The number of nitrogens with zero attached hydrogens (tertiary/aromatic N) is 5. The molecule has 0 saturated carbocycles. The highest BCUT2D eigenvalue weighted by Gasteiger charge is 2.29. The number of carbonyl (C=O) groups is 2. The molecule has 1 aliphatic heterocycles. The Bertz CT molecular complexity index is 1170. The lowest BCUT2D eigenvalue weighted by atomic mass is 9.87. The van der Waals surface area contributed by atoms with Crippen LogP contribution in [0.15, 0.2) is 53.3 Å². The van der Waals surface area contributed by atoms with Crippen molar-refractivity contribution in [3.05, 3.63) is 76.0 Å². The van der Waals surface area contributed by atoms with Crippen LogP contribution >= 0.6 is 0 Å². The van der Waals surface area contributed by atoms with E-state index in [0.717, 1.165) is 22.7 Å². The first kappa shape index (κ1) is 19.5. The van der Waals surface area contributed by atoms with Gasteiger partial charge in [0.25, 0.3) is 0 Å². The first-order chi connectivity index (χ1) is 14.5. The highest BCUT2D eigenvalue weighted by molar-refractivity contribution is 5.94. The normalized spacial score (nSPS) is 16.4. The third-order valence-electron chi connectivity index (χ3n) is 5.17. The SMILES string of the molecule is NC(=O)c1ccccc1C1CCCN(C(=O)n2nnn(-c3cccc(F)c3)c2=O)C1. The molecule has 2 heterocycles. The summed E-state index contributed by atoms with van der Waals surface area (Å²) in [5.74, 6) is -1.16. The molecule has 154 valence electrons. The molecule has 1 aromatic heterocycles. The van der Waals surface area contributed by atoms with Gasteiger partial charge in [-0.25, -0.2) is 14.0 Å². The average molecular weight is 410 g/mol. The molecule has 0 radical (unpaired) electrons. The van der Waals surface area contributed by atoms with Crippen molar-refractivity contribution in [3.63, 3.8) is 0 Å². The van der Waals surface area contributed by atoms with E-state index < -0.39 is 23.4 Å². The Morgan fingerprint density at radius 1 is 1.10 bits per heavy atom. The van der Waals surface area contributed by atoms with Gasteiger partial charge in [-0.1, -0.05) is 24.3 Å². The summed E-state index contributed by atoms with van der Waals surface area (Å²) in [5.41, 5.74) is 6.07. The summed E-state index contributed by atoms with van der Waals surface area (Å²) in [4.78, 5) is 38.8. The van der Waals surface area contributed by atoms with Crippen LogP contribution < -0.4 is 11.4 Å². The molecule has 1 saturated heterocycles. The smallest absolute Gasteiger partial charge is 0.366 e. The van der Waals surface area contributed by atoms with Gasteiger partial charge < -0.3 is 10.6 Å². The van der Waals surface area contributed by atoms with E-state index in [1.807, 2.05) is 12.1 Å². The highest BCUT2D eigenvalue weighted by atomic mass is 19.1. The van der Waals surface area contributed by atoms with Gasteiger partial charge in [0.15, 0.2) is 0 Å². The van der Waals surface area contributed by atoms with Crippen molar-refractivity contribution in [3.8, 4) is 5.69 Å². The maximum Gasteiger partial charge on any atom is 0.377 e. The molecule has 1 aliphatic rings. The van der Waals surface area contributed by atoms with Gasteiger partial charge >= 0.3 is 11.7 Å². The largest absolute Gasteiger partial charge is 0.377 e. The Morgan fingerprint density at radius 2 is 1.90 bits per heavy atom. The lowest BCUT2D eigenvalue weighted by Gasteiger charge is -2.32. The molecule has 9 nitrogen and oxygen atoms in total. The van der Waals surface area contributed by atoms with E-state index in [-0.39, 0.29) is 11.6 Å². The quantitative estimate of drug-likeness (QED) is 0.657. The number of halogens is 1. The van der Waals surface area contributed by atoms with Crippen LogP contribution in [0.3, 0.4) is 0 Å².